The van der Waals surface area contributed by atoms with Crippen molar-refractivity contribution in [3.05, 3.63) is 30.0 Å². The number of aromatic nitrogens is 1. The molecule has 0 spiro atoms. The molecule has 0 aliphatic heterocycles. The van der Waals surface area contributed by atoms with E-state index in [9.17, 15) is 18.3 Å². The van der Waals surface area contributed by atoms with Gasteiger partial charge in [0.1, 0.15) is 11.5 Å². The molecule has 0 unspecified atom stereocenters. The third-order valence-electron chi connectivity index (χ3n) is 2.29. The first kappa shape index (κ1) is 11.5. The van der Waals surface area contributed by atoms with Crippen molar-refractivity contribution in [3.8, 4) is 11.5 Å². The Morgan fingerprint density at radius 3 is 2.59 bits per heavy atom. The molecule has 3 nitrogen and oxygen atoms in total. The van der Waals surface area contributed by atoms with Crippen molar-refractivity contribution in [2.75, 3.05) is 7.11 Å². The lowest BCUT2D eigenvalue weighted by Crippen LogP contribution is -2.08. The maximum Gasteiger partial charge on any atom is 0.437 e. The topological polar surface area (TPSA) is 42.4 Å². The van der Waals surface area contributed by atoms with Gasteiger partial charge < -0.3 is 9.84 Å². The monoisotopic (exact) mass is 243 g/mol. The Balaban J connectivity index is 2.75. The molecular weight excluding hydrogens is 235 g/mol. The number of nitrogens with zero attached hydrogens (tertiary/aromatic N) is 1. The van der Waals surface area contributed by atoms with Crippen LogP contribution < -0.4 is 4.74 Å². The molecule has 90 valence electrons. The number of pyridine rings is 1. The molecule has 0 fully saturated rings. The Bertz CT molecular complexity index is 566. The molecule has 0 amide bonds. The molecule has 0 radical (unpaired) electrons. The highest BCUT2D eigenvalue weighted by molar-refractivity contribution is 5.86. The number of methoxy groups -OCH3 is 1. The maximum absolute atomic E-state index is 12.5. The van der Waals surface area contributed by atoms with E-state index in [1.165, 1.54) is 19.2 Å². The quantitative estimate of drug-likeness (QED) is 0.837. The summed E-state index contributed by atoms with van der Waals surface area (Å²) in [5.74, 6) is -0.548. The number of fused-ring (bicyclic) bond motifs is 1. The average Bonchev–Trinajstić information content (AvgIpc) is 2.26. The predicted octanol–water partition coefficient (Wildman–Crippen LogP) is 2.97. The molecule has 0 aliphatic carbocycles. The van der Waals surface area contributed by atoms with Gasteiger partial charge in [0.05, 0.1) is 12.6 Å². The molecular formula is C11H8F3NO2. The second kappa shape index (κ2) is 3.80. The molecule has 1 N–H and O–H groups in total. The van der Waals surface area contributed by atoms with Gasteiger partial charge in [-0.3, -0.25) is 0 Å². The zero-order valence-electron chi connectivity index (χ0n) is 8.75. The zero-order chi connectivity index (χ0) is 12.6. The van der Waals surface area contributed by atoms with E-state index in [0.29, 0.717) is 11.1 Å². The summed E-state index contributed by atoms with van der Waals surface area (Å²) >= 11 is 0. The molecule has 0 saturated heterocycles. The Morgan fingerprint density at radius 2 is 2.00 bits per heavy atom. The van der Waals surface area contributed by atoms with E-state index < -0.39 is 17.6 Å². The number of halogens is 3. The third-order valence-corrected chi connectivity index (χ3v) is 2.29. The summed E-state index contributed by atoms with van der Waals surface area (Å²) in [6.07, 6.45) is -4.68. The minimum Gasteiger partial charge on any atom is -0.506 e. The number of hydrogen-bond acceptors (Lipinski definition) is 3. The highest BCUT2D eigenvalue weighted by atomic mass is 19.4. The minimum atomic E-state index is -4.68. The standard InChI is InChI=1S/C11H8F3NO2/c1-17-9-4-2-3-7-6(9)5-8(16)10(15-7)11(12,13)14/h2-5,16H,1H3. The molecule has 0 saturated carbocycles. The smallest absolute Gasteiger partial charge is 0.437 e. The van der Waals surface area contributed by atoms with E-state index in [0.717, 1.165) is 6.07 Å². The lowest BCUT2D eigenvalue weighted by atomic mass is 10.1. The molecule has 1 aromatic heterocycles. The lowest BCUT2D eigenvalue weighted by Gasteiger charge is -2.10. The first-order valence-electron chi connectivity index (χ1n) is 4.67. The van der Waals surface area contributed by atoms with Gasteiger partial charge in [-0.2, -0.15) is 13.2 Å². The van der Waals surface area contributed by atoms with Gasteiger partial charge in [-0.05, 0) is 18.2 Å². The van der Waals surface area contributed by atoms with Crippen LogP contribution in [0, 0.1) is 0 Å². The number of aromatic hydroxyl groups is 1. The van der Waals surface area contributed by atoms with Crippen molar-refractivity contribution in [3.63, 3.8) is 0 Å². The van der Waals surface area contributed by atoms with Crippen molar-refractivity contribution < 1.29 is 23.0 Å². The van der Waals surface area contributed by atoms with Gasteiger partial charge in [0.15, 0.2) is 5.69 Å². The van der Waals surface area contributed by atoms with Gasteiger partial charge in [-0.25, -0.2) is 4.98 Å². The Kier molecular flexibility index (Phi) is 2.57. The van der Waals surface area contributed by atoms with E-state index >= 15 is 0 Å². The summed E-state index contributed by atoms with van der Waals surface area (Å²) in [5.41, 5.74) is -1.17. The second-order valence-electron chi connectivity index (χ2n) is 3.38. The number of alkyl halides is 3. The van der Waals surface area contributed by atoms with Crippen LogP contribution in [0.3, 0.4) is 0 Å². The van der Waals surface area contributed by atoms with Crippen molar-refractivity contribution >= 4 is 10.9 Å². The average molecular weight is 243 g/mol. The van der Waals surface area contributed by atoms with Crippen molar-refractivity contribution in [1.82, 2.24) is 4.98 Å². The Hall–Kier alpha value is -1.98. The molecule has 1 heterocycles. The van der Waals surface area contributed by atoms with Crippen LogP contribution in [0.15, 0.2) is 24.3 Å². The van der Waals surface area contributed by atoms with Gasteiger partial charge in [0.25, 0.3) is 0 Å². The highest BCUT2D eigenvalue weighted by Gasteiger charge is 2.36. The van der Waals surface area contributed by atoms with E-state index in [4.69, 9.17) is 4.74 Å². The molecule has 6 heteroatoms. The van der Waals surface area contributed by atoms with Crippen LogP contribution in [0.25, 0.3) is 10.9 Å². The maximum atomic E-state index is 12.5. The van der Waals surface area contributed by atoms with Crippen molar-refractivity contribution in [2.45, 2.75) is 6.18 Å². The third kappa shape index (κ3) is 1.98. The molecule has 0 bridgehead atoms. The fraction of sp³-hybridized carbons (Fsp3) is 0.182. The highest BCUT2D eigenvalue weighted by Crippen LogP contribution is 2.37. The summed E-state index contributed by atoms with van der Waals surface area (Å²) in [6.45, 7) is 0. The first-order valence-corrected chi connectivity index (χ1v) is 4.67. The van der Waals surface area contributed by atoms with Crippen LogP contribution in [0.2, 0.25) is 0 Å². The Morgan fingerprint density at radius 1 is 1.29 bits per heavy atom. The number of benzene rings is 1. The van der Waals surface area contributed by atoms with Gasteiger partial charge in [-0.15, -0.1) is 0 Å². The summed E-state index contributed by atoms with van der Waals surface area (Å²) < 4.78 is 42.5. The molecule has 2 aromatic rings. The molecule has 0 aliphatic rings. The van der Waals surface area contributed by atoms with E-state index in [1.54, 1.807) is 6.07 Å². The summed E-state index contributed by atoms with van der Waals surface area (Å²) in [6, 6.07) is 5.54. The molecule has 17 heavy (non-hydrogen) atoms. The second-order valence-corrected chi connectivity index (χ2v) is 3.38. The van der Waals surface area contributed by atoms with Crippen LogP contribution in [-0.4, -0.2) is 17.2 Å². The lowest BCUT2D eigenvalue weighted by molar-refractivity contribution is -0.142. The Labute approximate surface area is 94.5 Å². The van der Waals surface area contributed by atoms with Crippen LogP contribution in [0.4, 0.5) is 13.2 Å². The van der Waals surface area contributed by atoms with Crippen molar-refractivity contribution in [1.29, 1.82) is 0 Å². The minimum absolute atomic E-state index is 0.120. The normalized spacial score (nSPS) is 11.8. The molecule has 1 aromatic carbocycles. The number of hydrogen-bond donors (Lipinski definition) is 1. The number of rotatable bonds is 1. The number of ether oxygens (including phenoxy) is 1. The van der Waals surface area contributed by atoms with Crippen LogP contribution in [0.1, 0.15) is 5.69 Å². The SMILES string of the molecule is COc1cccc2nc(C(F)(F)F)c(O)cc12. The van der Waals surface area contributed by atoms with Crippen LogP contribution >= 0.6 is 0 Å². The van der Waals surface area contributed by atoms with E-state index in [2.05, 4.69) is 4.98 Å². The molecule has 2 rings (SSSR count). The fourth-order valence-corrected chi connectivity index (χ4v) is 1.54. The zero-order valence-corrected chi connectivity index (χ0v) is 8.75. The van der Waals surface area contributed by atoms with E-state index in [-0.39, 0.29) is 5.52 Å². The molecule has 0 atom stereocenters. The van der Waals surface area contributed by atoms with Crippen molar-refractivity contribution in [2.24, 2.45) is 0 Å². The van der Waals surface area contributed by atoms with Crippen LogP contribution in [0.5, 0.6) is 11.5 Å². The van der Waals surface area contributed by atoms with Gasteiger partial charge >= 0.3 is 6.18 Å². The summed E-state index contributed by atoms with van der Waals surface area (Å²) in [5, 5.41) is 9.66. The summed E-state index contributed by atoms with van der Waals surface area (Å²) in [7, 11) is 1.39. The summed E-state index contributed by atoms with van der Waals surface area (Å²) in [4.78, 5) is 3.40. The largest absolute Gasteiger partial charge is 0.506 e. The fourth-order valence-electron chi connectivity index (χ4n) is 1.54. The van der Waals surface area contributed by atoms with Gasteiger partial charge in [-0.1, -0.05) is 6.07 Å². The van der Waals surface area contributed by atoms with Gasteiger partial charge in [0.2, 0.25) is 0 Å². The predicted molar refractivity (Wildman–Crippen MR) is 55.0 cm³/mol. The van der Waals surface area contributed by atoms with Gasteiger partial charge in [0, 0.05) is 5.39 Å². The first-order chi connectivity index (χ1) is 7.93. The van der Waals surface area contributed by atoms with Crippen LogP contribution in [-0.2, 0) is 6.18 Å². The van der Waals surface area contributed by atoms with E-state index in [1.807, 2.05) is 0 Å².